The van der Waals surface area contributed by atoms with E-state index in [0.29, 0.717) is 5.56 Å². The van der Waals surface area contributed by atoms with Gasteiger partial charge in [-0.05, 0) is 47.4 Å². The average molecular weight is 285 g/mol. The van der Waals surface area contributed by atoms with Crippen LogP contribution >= 0.6 is 0 Å². The second-order valence-electron chi connectivity index (χ2n) is 5.38. The Morgan fingerprint density at radius 2 is 1.90 bits per heavy atom. The maximum absolute atomic E-state index is 12.9. The van der Waals surface area contributed by atoms with E-state index in [-0.39, 0.29) is 5.82 Å². The lowest BCUT2D eigenvalue weighted by Gasteiger charge is -2.29. The molecule has 4 heteroatoms. The second-order valence-corrected chi connectivity index (χ2v) is 5.38. The summed E-state index contributed by atoms with van der Waals surface area (Å²) in [5.41, 5.74) is 3.69. The first-order valence-electron chi connectivity index (χ1n) is 6.94. The van der Waals surface area contributed by atoms with Crippen molar-refractivity contribution < 1.29 is 14.3 Å². The van der Waals surface area contributed by atoms with Crippen LogP contribution in [-0.2, 0) is 19.5 Å². The van der Waals surface area contributed by atoms with Gasteiger partial charge in [-0.15, -0.1) is 0 Å². The second kappa shape index (κ2) is 5.66. The fourth-order valence-electron chi connectivity index (χ4n) is 2.73. The zero-order valence-electron chi connectivity index (χ0n) is 11.6. The van der Waals surface area contributed by atoms with E-state index in [2.05, 4.69) is 4.90 Å². The van der Waals surface area contributed by atoms with Crippen molar-refractivity contribution in [2.24, 2.45) is 0 Å². The Morgan fingerprint density at radius 1 is 1.14 bits per heavy atom. The van der Waals surface area contributed by atoms with Crippen LogP contribution < -0.4 is 0 Å². The Labute approximate surface area is 122 Å². The van der Waals surface area contributed by atoms with Gasteiger partial charge in [-0.25, -0.2) is 9.18 Å². The predicted molar refractivity (Wildman–Crippen MR) is 77.6 cm³/mol. The van der Waals surface area contributed by atoms with Gasteiger partial charge < -0.3 is 5.11 Å². The van der Waals surface area contributed by atoms with E-state index < -0.39 is 5.97 Å². The van der Waals surface area contributed by atoms with Gasteiger partial charge in [0.25, 0.3) is 0 Å². The van der Waals surface area contributed by atoms with Crippen molar-refractivity contribution >= 4 is 5.97 Å². The molecule has 108 valence electrons. The summed E-state index contributed by atoms with van der Waals surface area (Å²) in [5.74, 6) is -1.12. The Bertz CT molecular complexity index is 667. The minimum Gasteiger partial charge on any atom is -0.478 e. The third kappa shape index (κ3) is 3.11. The molecule has 0 atom stereocenters. The molecule has 21 heavy (non-hydrogen) atoms. The van der Waals surface area contributed by atoms with E-state index in [4.69, 9.17) is 5.11 Å². The third-order valence-electron chi connectivity index (χ3n) is 3.86. The number of aromatic carboxylic acids is 1. The van der Waals surface area contributed by atoms with Gasteiger partial charge in [-0.3, -0.25) is 4.90 Å². The van der Waals surface area contributed by atoms with Crippen molar-refractivity contribution in [3.8, 4) is 0 Å². The smallest absolute Gasteiger partial charge is 0.335 e. The molecular formula is C17H16FNO2. The zero-order chi connectivity index (χ0) is 14.8. The summed E-state index contributed by atoms with van der Waals surface area (Å²) >= 11 is 0. The van der Waals surface area contributed by atoms with Crippen LogP contribution in [0.5, 0.6) is 0 Å². The van der Waals surface area contributed by atoms with Gasteiger partial charge in [0, 0.05) is 19.6 Å². The summed E-state index contributed by atoms with van der Waals surface area (Å²) in [7, 11) is 0. The van der Waals surface area contributed by atoms with Crippen molar-refractivity contribution in [1.29, 1.82) is 0 Å². The molecule has 0 radical (unpaired) electrons. The van der Waals surface area contributed by atoms with Crippen molar-refractivity contribution in [2.75, 3.05) is 6.54 Å². The minimum absolute atomic E-state index is 0.228. The van der Waals surface area contributed by atoms with Crippen LogP contribution in [0.15, 0.2) is 42.5 Å². The van der Waals surface area contributed by atoms with Crippen LogP contribution in [0.1, 0.15) is 27.0 Å². The summed E-state index contributed by atoms with van der Waals surface area (Å²) < 4.78 is 12.9. The van der Waals surface area contributed by atoms with Crippen molar-refractivity contribution in [3.05, 3.63) is 70.5 Å². The highest BCUT2D eigenvalue weighted by Crippen LogP contribution is 2.22. The zero-order valence-corrected chi connectivity index (χ0v) is 11.6. The van der Waals surface area contributed by atoms with E-state index in [0.717, 1.165) is 37.2 Å². The number of fused-ring (bicyclic) bond motifs is 1. The summed E-state index contributed by atoms with van der Waals surface area (Å²) in [6, 6.07) is 11.8. The number of nitrogens with zero attached hydrogens (tertiary/aromatic N) is 1. The number of hydrogen-bond donors (Lipinski definition) is 1. The summed E-state index contributed by atoms with van der Waals surface area (Å²) in [4.78, 5) is 13.3. The number of halogens is 1. The van der Waals surface area contributed by atoms with Gasteiger partial charge in [-0.1, -0.05) is 18.2 Å². The normalized spacial score (nSPS) is 14.7. The number of rotatable bonds is 3. The highest BCUT2D eigenvalue weighted by atomic mass is 19.1. The fraction of sp³-hybridized carbons (Fsp3) is 0.235. The lowest BCUT2D eigenvalue weighted by molar-refractivity contribution is 0.0696. The summed E-state index contributed by atoms with van der Waals surface area (Å²) in [5, 5.41) is 9.06. The lowest BCUT2D eigenvalue weighted by Crippen LogP contribution is -2.30. The van der Waals surface area contributed by atoms with E-state index in [1.54, 1.807) is 24.3 Å². The molecule has 0 bridgehead atoms. The first kappa shape index (κ1) is 13.8. The molecule has 3 nitrogen and oxygen atoms in total. The Morgan fingerprint density at radius 3 is 2.62 bits per heavy atom. The van der Waals surface area contributed by atoms with Crippen LogP contribution in [-0.4, -0.2) is 22.5 Å². The molecule has 0 aromatic heterocycles. The standard InChI is InChI=1S/C17H16FNO2/c18-16-5-1-12(2-6-16)10-19-8-7-13-3-4-14(17(20)21)9-15(13)11-19/h1-6,9H,7-8,10-11H2,(H,20,21). The predicted octanol–water partition coefficient (Wildman–Crippen LogP) is 3.08. The molecule has 3 rings (SSSR count). The van der Waals surface area contributed by atoms with Gasteiger partial charge in [-0.2, -0.15) is 0 Å². The molecule has 1 heterocycles. The monoisotopic (exact) mass is 285 g/mol. The van der Waals surface area contributed by atoms with Gasteiger partial charge >= 0.3 is 5.97 Å². The summed E-state index contributed by atoms with van der Waals surface area (Å²) in [6.45, 7) is 2.40. The highest BCUT2D eigenvalue weighted by Gasteiger charge is 2.17. The van der Waals surface area contributed by atoms with E-state index in [1.165, 1.54) is 17.7 Å². The molecule has 0 spiro atoms. The molecule has 0 amide bonds. The van der Waals surface area contributed by atoms with Crippen LogP contribution in [0.2, 0.25) is 0 Å². The van der Waals surface area contributed by atoms with E-state index >= 15 is 0 Å². The van der Waals surface area contributed by atoms with Crippen LogP contribution in [0, 0.1) is 5.82 Å². The van der Waals surface area contributed by atoms with Crippen LogP contribution in [0.25, 0.3) is 0 Å². The van der Waals surface area contributed by atoms with Gasteiger partial charge in [0.1, 0.15) is 5.82 Å². The van der Waals surface area contributed by atoms with Crippen molar-refractivity contribution in [1.82, 2.24) is 4.90 Å². The van der Waals surface area contributed by atoms with E-state index in [9.17, 15) is 9.18 Å². The molecule has 2 aromatic rings. The quantitative estimate of drug-likeness (QED) is 0.942. The molecule has 1 N–H and O–H groups in total. The lowest BCUT2D eigenvalue weighted by atomic mass is 9.97. The maximum atomic E-state index is 12.9. The molecular weight excluding hydrogens is 269 g/mol. The fourth-order valence-corrected chi connectivity index (χ4v) is 2.73. The van der Waals surface area contributed by atoms with Gasteiger partial charge in [0.2, 0.25) is 0 Å². The van der Waals surface area contributed by atoms with Gasteiger partial charge in [0.05, 0.1) is 5.56 Å². The number of benzene rings is 2. The average Bonchev–Trinajstić information content (AvgIpc) is 2.49. The molecule has 2 aromatic carbocycles. The third-order valence-corrected chi connectivity index (χ3v) is 3.86. The molecule has 0 unspecified atom stereocenters. The molecule has 0 fully saturated rings. The molecule has 1 aliphatic rings. The number of carboxylic acid groups (broad SMARTS) is 1. The topological polar surface area (TPSA) is 40.5 Å². The molecule has 0 saturated heterocycles. The Balaban J connectivity index is 1.75. The minimum atomic E-state index is -0.895. The molecule has 1 aliphatic heterocycles. The summed E-state index contributed by atoms with van der Waals surface area (Å²) in [6.07, 6.45) is 0.913. The number of carboxylic acids is 1. The van der Waals surface area contributed by atoms with Crippen molar-refractivity contribution in [3.63, 3.8) is 0 Å². The number of carbonyl (C=O) groups is 1. The van der Waals surface area contributed by atoms with Crippen LogP contribution in [0.4, 0.5) is 4.39 Å². The SMILES string of the molecule is O=C(O)c1ccc2c(c1)CN(Cc1ccc(F)cc1)CC2. The van der Waals surface area contributed by atoms with Crippen molar-refractivity contribution in [2.45, 2.75) is 19.5 Å². The first-order valence-corrected chi connectivity index (χ1v) is 6.94. The number of hydrogen-bond acceptors (Lipinski definition) is 2. The van der Waals surface area contributed by atoms with E-state index in [1.807, 2.05) is 6.07 Å². The largest absolute Gasteiger partial charge is 0.478 e. The van der Waals surface area contributed by atoms with Crippen LogP contribution in [0.3, 0.4) is 0 Å². The Kier molecular flexibility index (Phi) is 3.71. The Hall–Kier alpha value is -2.20. The first-order chi connectivity index (χ1) is 10.1. The van der Waals surface area contributed by atoms with Gasteiger partial charge in [0.15, 0.2) is 0 Å². The molecule has 0 aliphatic carbocycles. The molecule has 0 saturated carbocycles. The maximum Gasteiger partial charge on any atom is 0.335 e. The highest BCUT2D eigenvalue weighted by molar-refractivity contribution is 5.87.